The Morgan fingerprint density at radius 1 is 0.938 bits per heavy atom. The van der Waals surface area contributed by atoms with Crippen LogP contribution in [-0.4, -0.2) is 22.4 Å². The summed E-state index contributed by atoms with van der Waals surface area (Å²) in [6.07, 6.45) is 5.92. The summed E-state index contributed by atoms with van der Waals surface area (Å²) in [6, 6.07) is 0. The van der Waals surface area contributed by atoms with Crippen molar-refractivity contribution in [3.63, 3.8) is 0 Å². The average Bonchev–Trinajstić information content (AvgIpc) is 2.17. The van der Waals surface area contributed by atoms with E-state index in [1.807, 2.05) is 0 Å². The van der Waals surface area contributed by atoms with Crippen molar-refractivity contribution in [3.8, 4) is 0 Å². The first kappa shape index (κ1) is 16.9. The van der Waals surface area contributed by atoms with Crippen molar-refractivity contribution in [2.75, 3.05) is 0 Å². The third kappa shape index (κ3) is 8.03. The third-order valence-corrected chi connectivity index (χ3v) is 3.83. The molecule has 0 aromatic rings. The normalized spacial score (nSPS) is 17.4. The molecule has 2 N–H and O–H groups in total. The maximum atomic E-state index is 9.75. The zero-order valence-corrected chi connectivity index (χ0v) is 14.1. The van der Waals surface area contributed by atoms with Gasteiger partial charge in [0.15, 0.2) is 0 Å². The van der Waals surface area contributed by atoms with Gasteiger partial charge in [-0.25, -0.2) is 0 Å². The second-order valence-electron chi connectivity index (χ2n) is 3.71. The minimum Gasteiger partial charge on any atom is -0.386 e. The Morgan fingerprint density at radius 3 is 1.50 bits per heavy atom. The number of halogens is 2. The van der Waals surface area contributed by atoms with Crippen LogP contribution in [0.25, 0.3) is 0 Å². The predicted molar refractivity (Wildman–Crippen MR) is 86.0 cm³/mol. The highest BCUT2D eigenvalue weighted by atomic mass is 127. The summed E-state index contributed by atoms with van der Waals surface area (Å²) in [7, 11) is 0. The Labute approximate surface area is 125 Å². The van der Waals surface area contributed by atoms with Crippen LogP contribution in [0.3, 0.4) is 0 Å². The van der Waals surface area contributed by atoms with E-state index in [-0.39, 0.29) is 0 Å². The van der Waals surface area contributed by atoms with Crippen molar-refractivity contribution in [1.82, 2.24) is 0 Å². The van der Waals surface area contributed by atoms with Gasteiger partial charge in [-0.2, -0.15) is 0 Å². The smallest absolute Gasteiger partial charge is 0.103 e. The van der Waals surface area contributed by atoms with Gasteiger partial charge < -0.3 is 10.2 Å². The topological polar surface area (TPSA) is 40.5 Å². The number of rotatable bonds is 7. The molecular formula is C12H20I2O2. The maximum absolute atomic E-state index is 9.75. The molecule has 0 spiro atoms. The summed E-state index contributed by atoms with van der Waals surface area (Å²) in [5, 5.41) is 19.5. The fourth-order valence-electron chi connectivity index (χ4n) is 1.21. The molecular weight excluding hydrogens is 430 g/mol. The minimum atomic E-state index is -0.792. The number of hydrogen-bond donors (Lipinski definition) is 2. The molecule has 0 heterocycles. The Kier molecular flexibility index (Phi) is 10.4. The lowest BCUT2D eigenvalue weighted by atomic mass is 10.1. The summed E-state index contributed by atoms with van der Waals surface area (Å²) in [6.45, 7) is 4.19. The van der Waals surface area contributed by atoms with E-state index in [4.69, 9.17) is 0 Å². The molecule has 0 aromatic carbocycles. The van der Waals surface area contributed by atoms with Crippen molar-refractivity contribution in [2.24, 2.45) is 0 Å². The van der Waals surface area contributed by atoms with Gasteiger partial charge in [-0.15, -0.1) is 0 Å². The van der Waals surface area contributed by atoms with E-state index in [0.29, 0.717) is 0 Å². The van der Waals surface area contributed by atoms with Crippen molar-refractivity contribution < 1.29 is 10.2 Å². The van der Waals surface area contributed by atoms with Gasteiger partial charge in [0.1, 0.15) is 12.2 Å². The first-order valence-electron chi connectivity index (χ1n) is 5.59. The van der Waals surface area contributed by atoms with E-state index in [1.54, 1.807) is 12.2 Å². The van der Waals surface area contributed by atoms with Gasteiger partial charge in [0, 0.05) is 0 Å². The van der Waals surface area contributed by atoms with E-state index in [9.17, 15) is 10.2 Å². The van der Waals surface area contributed by atoms with E-state index in [2.05, 4.69) is 59.0 Å². The van der Waals surface area contributed by atoms with Gasteiger partial charge >= 0.3 is 0 Å². The summed E-state index contributed by atoms with van der Waals surface area (Å²) in [5.74, 6) is 0. The molecule has 2 nitrogen and oxygen atoms in total. The van der Waals surface area contributed by atoms with Crippen molar-refractivity contribution in [2.45, 2.75) is 51.7 Å². The molecule has 0 aromatic heterocycles. The largest absolute Gasteiger partial charge is 0.386 e. The SMILES string of the molecule is CCC/C(I)=C/[C@@H](O)[C@H](O)/C=C(\I)CCC. The molecule has 0 fully saturated rings. The molecule has 4 heteroatoms. The molecule has 94 valence electrons. The van der Waals surface area contributed by atoms with Crippen LogP contribution in [0.15, 0.2) is 19.3 Å². The molecule has 0 saturated carbocycles. The molecule has 0 aliphatic heterocycles. The standard InChI is InChI=1S/C12H20I2O2/c1-3-5-9(13)7-11(15)12(16)8-10(14)6-4-2/h7-8,11-12,15-16H,3-6H2,1-2H3/b9-7-,10-8-/t11-,12-/m1/s1. The third-order valence-electron chi connectivity index (χ3n) is 2.03. The lowest BCUT2D eigenvalue weighted by Gasteiger charge is -2.12. The van der Waals surface area contributed by atoms with Crippen molar-refractivity contribution >= 4 is 45.2 Å². The number of allylic oxidation sites excluding steroid dienone is 2. The molecule has 0 aliphatic rings. The van der Waals surface area contributed by atoms with Crippen LogP contribution < -0.4 is 0 Å². The van der Waals surface area contributed by atoms with Crippen molar-refractivity contribution in [1.29, 1.82) is 0 Å². The zero-order valence-electron chi connectivity index (χ0n) is 9.79. The fraction of sp³-hybridized carbons (Fsp3) is 0.667. The Balaban J connectivity index is 4.32. The molecule has 0 rings (SSSR count). The fourth-order valence-corrected chi connectivity index (χ4v) is 3.03. The van der Waals surface area contributed by atoms with Crippen LogP contribution in [0.2, 0.25) is 0 Å². The number of aliphatic hydroxyl groups excluding tert-OH is 2. The highest BCUT2D eigenvalue weighted by molar-refractivity contribution is 14.1. The summed E-state index contributed by atoms with van der Waals surface area (Å²) in [4.78, 5) is 0. The van der Waals surface area contributed by atoms with Crippen LogP contribution in [0.4, 0.5) is 0 Å². The molecule has 0 amide bonds. The number of aliphatic hydroxyl groups is 2. The predicted octanol–water partition coefficient (Wildman–Crippen LogP) is 3.95. The molecule has 0 radical (unpaired) electrons. The van der Waals surface area contributed by atoms with E-state index in [1.165, 1.54) is 0 Å². The van der Waals surface area contributed by atoms with Gasteiger partial charge in [-0.3, -0.25) is 0 Å². The van der Waals surface area contributed by atoms with Crippen LogP contribution in [0, 0.1) is 0 Å². The van der Waals surface area contributed by atoms with E-state index >= 15 is 0 Å². The van der Waals surface area contributed by atoms with Gasteiger partial charge in [0.25, 0.3) is 0 Å². The minimum absolute atomic E-state index is 0.792. The summed E-state index contributed by atoms with van der Waals surface area (Å²) in [5.41, 5.74) is 0. The zero-order chi connectivity index (χ0) is 12.6. The summed E-state index contributed by atoms with van der Waals surface area (Å²) < 4.78 is 2.20. The van der Waals surface area contributed by atoms with Gasteiger partial charge in [-0.05, 0) is 77.3 Å². The molecule has 0 saturated heterocycles. The summed E-state index contributed by atoms with van der Waals surface area (Å²) >= 11 is 4.42. The lowest BCUT2D eigenvalue weighted by molar-refractivity contribution is 0.0803. The number of hydrogen-bond acceptors (Lipinski definition) is 2. The van der Waals surface area contributed by atoms with Gasteiger partial charge in [0.2, 0.25) is 0 Å². The van der Waals surface area contributed by atoms with Crippen LogP contribution >= 0.6 is 45.2 Å². The second-order valence-corrected chi connectivity index (χ2v) is 6.48. The van der Waals surface area contributed by atoms with Crippen molar-refractivity contribution in [3.05, 3.63) is 19.3 Å². The van der Waals surface area contributed by atoms with Crippen LogP contribution in [0.1, 0.15) is 39.5 Å². The lowest BCUT2D eigenvalue weighted by Crippen LogP contribution is -2.21. The molecule has 0 unspecified atom stereocenters. The molecule has 0 aliphatic carbocycles. The van der Waals surface area contributed by atoms with Gasteiger partial charge in [-0.1, -0.05) is 26.7 Å². The first-order chi connectivity index (χ1) is 7.51. The maximum Gasteiger partial charge on any atom is 0.103 e. The molecule has 0 bridgehead atoms. The Bertz CT molecular complexity index is 223. The first-order valence-corrected chi connectivity index (χ1v) is 7.75. The van der Waals surface area contributed by atoms with Crippen LogP contribution in [-0.2, 0) is 0 Å². The van der Waals surface area contributed by atoms with E-state index < -0.39 is 12.2 Å². The van der Waals surface area contributed by atoms with Crippen LogP contribution in [0.5, 0.6) is 0 Å². The Morgan fingerprint density at radius 2 is 1.25 bits per heavy atom. The molecule has 2 atom stereocenters. The second kappa shape index (κ2) is 9.85. The molecule has 16 heavy (non-hydrogen) atoms. The van der Waals surface area contributed by atoms with Gasteiger partial charge in [0.05, 0.1) is 0 Å². The quantitative estimate of drug-likeness (QED) is 0.578. The Hall–Kier alpha value is 0.860. The van der Waals surface area contributed by atoms with E-state index in [0.717, 1.165) is 32.8 Å². The average molecular weight is 450 g/mol. The highest BCUT2D eigenvalue weighted by Crippen LogP contribution is 2.18. The monoisotopic (exact) mass is 450 g/mol. The highest BCUT2D eigenvalue weighted by Gasteiger charge is 2.12.